The normalized spacial score (nSPS) is 13.6. The van der Waals surface area contributed by atoms with E-state index in [1.165, 1.54) is 16.9 Å². The molecular formula is C16H23Cl2N3OS. The maximum absolute atomic E-state index is 9.76. The number of nitrogens with zero attached hydrogens (tertiary/aromatic N) is 2. The molecular weight excluding hydrogens is 353 g/mol. The zero-order valence-corrected chi connectivity index (χ0v) is 15.7. The molecule has 0 saturated heterocycles. The van der Waals surface area contributed by atoms with Gasteiger partial charge in [-0.1, -0.05) is 23.7 Å². The minimum absolute atomic E-state index is 0. The average Bonchev–Trinajstić information content (AvgIpc) is 2.85. The maximum atomic E-state index is 9.76. The van der Waals surface area contributed by atoms with Gasteiger partial charge in [-0.3, -0.25) is 4.90 Å². The van der Waals surface area contributed by atoms with Crippen LogP contribution < -0.4 is 5.73 Å². The van der Waals surface area contributed by atoms with Gasteiger partial charge in [-0.25, -0.2) is 4.98 Å². The highest BCUT2D eigenvalue weighted by Gasteiger charge is 2.18. The number of thiazole rings is 1. The monoisotopic (exact) mass is 375 g/mol. The van der Waals surface area contributed by atoms with Crippen LogP contribution in [-0.4, -0.2) is 33.7 Å². The summed E-state index contributed by atoms with van der Waals surface area (Å²) in [5, 5.41) is 11.1. The summed E-state index contributed by atoms with van der Waals surface area (Å²) in [7, 11) is 0. The van der Waals surface area contributed by atoms with Gasteiger partial charge in [-0.05, 0) is 38.0 Å². The molecule has 2 rings (SSSR count). The van der Waals surface area contributed by atoms with Crippen molar-refractivity contribution in [3.05, 3.63) is 45.9 Å². The second-order valence-corrected chi connectivity index (χ2v) is 7.21. The lowest BCUT2D eigenvalue weighted by atomic mass is 10.1. The standard InChI is InChI=1S/C16H22ClN3OS.ClH/c1-11(7-13-3-5-14(17)6-4-13)20(9-12(2)21)10-15-8-19-16(18)22-15;/h3-6,8,11-12,21H,7,9-10H2,1-2H3,(H2,18,19);1H/t11?,12-;/m1./s1. The first kappa shape index (κ1) is 20.2. The van der Waals surface area contributed by atoms with Crippen LogP contribution in [0, 0.1) is 0 Å². The van der Waals surface area contributed by atoms with Crippen molar-refractivity contribution in [1.29, 1.82) is 0 Å². The fourth-order valence-electron chi connectivity index (χ4n) is 2.43. The molecule has 0 aliphatic carbocycles. The third kappa shape index (κ3) is 6.65. The summed E-state index contributed by atoms with van der Waals surface area (Å²) in [6.45, 7) is 5.34. The number of aliphatic hydroxyl groups is 1. The van der Waals surface area contributed by atoms with Crippen LogP contribution >= 0.6 is 35.3 Å². The Morgan fingerprint density at radius 1 is 1.30 bits per heavy atom. The molecule has 0 amide bonds. The van der Waals surface area contributed by atoms with Crippen molar-refractivity contribution in [1.82, 2.24) is 9.88 Å². The molecule has 1 unspecified atom stereocenters. The second kappa shape index (κ2) is 9.45. The molecule has 7 heteroatoms. The van der Waals surface area contributed by atoms with Crippen LogP contribution in [0.1, 0.15) is 24.3 Å². The summed E-state index contributed by atoms with van der Waals surface area (Å²) in [5.74, 6) is 0. The number of hydrogen-bond acceptors (Lipinski definition) is 5. The number of nitrogens with two attached hydrogens (primary N) is 1. The third-order valence-electron chi connectivity index (χ3n) is 3.50. The zero-order valence-electron chi connectivity index (χ0n) is 13.3. The number of hydrogen-bond donors (Lipinski definition) is 2. The van der Waals surface area contributed by atoms with Crippen molar-refractivity contribution in [2.75, 3.05) is 12.3 Å². The lowest BCUT2D eigenvalue weighted by Crippen LogP contribution is -2.38. The number of aliphatic hydroxyl groups excluding tert-OH is 1. The van der Waals surface area contributed by atoms with E-state index in [1.54, 1.807) is 0 Å². The Morgan fingerprint density at radius 3 is 2.48 bits per heavy atom. The van der Waals surface area contributed by atoms with E-state index in [0.29, 0.717) is 17.7 Å². The fourth-order valence-corrected chi connectivity index (χ4v) is 3.26. The first-order chi connectivity index (χ1) is 10.4. The molecule has 2 atom stereocenters. The highest BCUT2D eigenvalue weighted by atomic mass is 35.5. The summed E-state index contributed by atoms with van der Waals surface area (Å²) in [6.07, 6.45) is 2.33. The number of anilines is 1. The molecule has 0 aliphatic rings. The molecule has 0 fully saturated rings. The van der Waals surface area contributed by atoms with Crippen molar-refractivity contribution in [3.8, 4) is 0 Å². The van der Waals surface area contributed by atoms with E-state index < -0.39 is 0 Å². The Balaban J connectivity index is 0.00000264. The number of rotatable bonds is 7. The summed E-state index contributed by atoms with van der Waals surface area (Å²) < 4.78 is 0. The number of nitrogen functional groups attached to an aromatic ring is 1. The fraction of sp³-hybridized carbons (Fsp3) is 0.438. The van der Waals surface area contributed by atoms with Gasteiger partial charge in [0.05, 0.1) is 6.10 Å². The van der Waals surface area contributed by atoms with Gasteiger partial charge in [0.15, 0.2) is 5.13 Å². The molecule has 23 heavy (non-hydrogen) atoms. The molecule has 1 aromatic heterocycles. The molecule has 0 radical (unpaired) electrons. The predicted octanol–water partition coefficient (Wildman–Crippen LogP) is 3.61. The van der Waals surface area contributed by atoms with Gasteiger partial charge < -0.3 is 10.8 Å². The SMILES string of the molecule is CC(Cc1ccc(Cl)cc1)N(Cc1cnc(N)s1)C[C@@H](C)O.Cl. The van der Waals surface area contributed by atoms with Gasteiger partial charge in [0.2, 0.25) is 0 Å². The highest BCUT2D eigenvalue weighted by Crippen LogP contribution is 2.20. The molecule has 1 aromatic carbocycles. The largest absolute Gasteiger partial charge is 0.392 e. The van der Waals surface area contributed by atoms with E-state index in [9.17, 15) is 5.11 Å². The van der Waals surface area contributed by atoms with E-state index >= 15 is 0 Å². The van der Waals surface area contributed by atoms with Crippen LogP contribution in [0.15, 0.2) is 30.5 Å². The van der Waals surface area contributed by atoms with E-state index in [-0.39, 0.29) is 18.5 Å². The van der Waals surface area contributed by atoms with Crippen LogP contribution in [0.5, 0.6) is 0 Å². The lowest BCUT2D eigenvalue weighted by molar-refractivity contribution is 0.0980. The van der Waals surface area contributed by atoms with E-state index in [0.717, 1.165) is 22.9 Å². The first-order valence-electron chi connectivity index (χ1n) is 7.30. The van der Waals surface area contributed by atoms with Gasteiger partial charge in [0.1, 0.15) is 0 Å². The maximum Gasteiger partial charge on any atom is 0.180 e. The molecule has 0 saturated carbocycles. The van der Waals surface area contributed by atoms with E-state index in [4.69, 9.17) is 17.3 Å². The minimum atomic E-state index is -0.377. The molecule has 128 valence electrons. The van der Waals surface area contributed by atoms with Gasteiger partial charge in [0, 0.05) is 35.2 Å². The summed E-state index contributed by atoms with van der Waals surface area (Å²) in [6, 6.07) is 8.20. The Labute approximate surface area is 152 Å². The van der Waals surface area contributed by atoms with Crippen molar-refractivity contribution in [2.24, 2.45) is 0 Å². The number of halogens is 2. The molecule has 1 heterocycles. The Bertz CT molecular complexity index is 589. The van der Waals surface area contributed by atoms with Crippen molar-refractivity contribution < 1.29 is 5.11 Å². The van der Waals surface area contributed by atoms with Crippen LogP contribution in [0.25, 0.3) is 0 Å². The van der Waals surface area contributed by atoms with Crippen LogP contribution in [0.2, 0.25) is 5.02 Å². The average molecular weight is 376 g/mol. The Hall–Kier alpha value is -0.850. The summed E-state index contributed by atoms with van der Waals surface area (Å²) >= 11 is 7.42. The number of benzene rings is 1. The van der Waals surface area contributed by atoms with Crippen LogP contribution in [-0.2, 0) is 13.0 Å². The molecule has 4 nitrogen and oxygen atoms in total. The topological polar surface area (TPSA) is 62.4 Å². The molecule has 2 aromatic rings. The number of aromatic nitrogens is 1. The smallest absolute Gasteiger partial charge is 0.180 e. The highest BCUT2D eigenvalue weighted by molar-refractivity contribution is 7.15. The van der Waals surface area contributed by atoms with Crippen LogP contribution in [0.4, 0.5) is 5.13 Å². The third-order valence-corrected chi connectivity index (χ3v) is 4.56. The van der Waals surface area contributed by atoms with Gasteiger partial charge in [0.25, 0.3) is 0 Å². The first-order valence-corrected chi connectivity index (χ1v) is 8.50. The minimum Gasteiger partial charge on any atom is -0.392 e. The van der Waals surface area contributed by atoms with Crippen molar-refractivity contribution in [2.45, 2.75) is 39.0 Å². The summed E-state index contributed by atoms with van der Waals surface area (Å²) in [5.41, 5.74) is 6.93. The molecule has 3 N–H and O–H groups in total. The molecule has 0 bridgehead atoms. The zero-order chi connectivity index (χ0) is 16.1. The van der Waals surface area contributed by atoms with E-state index in [2.05, 4.69) is 16.8 Å². The Kier molecular flexibility index (Phi) is 8.29. The predicted molar refractivity (Wildman–Crippen MR) is 100 cm³/mol. The van der Waals surface area contributed by atoms with Crippen LogP contribution in [0.3, 0.4) is 0 Å². The van der Waals surface area contributed by atoms with Gasteiger partial charge in [-0.15, -0.1) is 23.7 Å². The molecule has 0 aliphatic heterocycles. The van der Waals surface area contributed by atoms with Crippen molar-refractivity contribution >= 4 is 40.5 Å². The van der Waals surface area contributed by atoms with E-state index in [1.807, 2.05) is 37.4 Å². The van der Waals surface area contributed by atoms with Gasteiger partial charge in [-0.2, -0.15) is 0 Å². The Morgan fingerprint density at radius 2 is 1.96 bits per heavy atom. The second-order valence-electron chi connectivity index (χ2n) is 5.62. The lowest BCUT2D eigenvalue weighted by Gasteiger charge is -2.29. The van der Waals surface area contributed by atoms with Crippen molar-refractivity contribution in [3.63, 3.8) is 0 Å². The summed E-state index contributed by atoms with van der Waals surface area (Å²) in [4.78, 5) is 7.46. The van der Waals surface area contributed by atoms with Gasteiger partial charge >= 0.3 is 0 Å². The molecule has 0 spiro atoms. The quantitative estimate of drug-likeness (QED) is 0.775.